The third-order valence-electron chi connectivity index (χ3n) is 2.77. The molecule has 1 N–H and O–H groups in total. The Balaban J connectivity index is 2.11. The summed E-state index contributed by atoms with van der Waals surface area (Å²) >= 11 is 0. The predicted octanol–water partition coefficient (Wildman–Crippen LogP) is 3.32. The number of rotatable bonds is 4. The van der Waals surface area contributed by atoms with Gasteiger partial charge in [-0.3, -0.25) is 0 Å². The van der Waals surface area contributed by atoms with Crippen LogP contribution in [0.1, 0.15) is 11.1 Å². The average Bonchev–Trinajstić information content (AvgIpc) is 2.45. The molecule has 0 unspecified atom stereocenters. The molecule has 19 heavy (non-hydrogen) atoms. The van der Waals surface area contributed by atoms with Gasteiger partial charge >= 0.3 is 0 Å². The second-order valence-electron chi connectivity index (χ2n) is 3.97. The molecule has 0 bridgehead atoms. The minimum absolute atomic E-state index is 0.0443. The van der Waals surface area contributed by atoms with Crippen LogP contribution in [-0.4, -0.2) is 7.11 Å². The molecule has 0 aliphatic heterocycles. The predicted molar refractivity (Wildman–Crippen MR) is 71.4 cm³/mol. The fourth-order valence-electron chi connectivity index (χ4n) is 1.76. The van der Waals surface area contributed by atoms with Gasteiger partial charge in [0.25, 0.3) is 0 Å². The zero-order valence-corrected chi connectivity index (χ0v) is 10.5. The average molecular weight is 256 g/mol. The number of nitrogens with one attached hydrogen (secondary N) is 1. The summed E-state index contributed by atoms with van der Waals surface area (Å²) in [5, 5.41) is 11.8. The first-order chi connectivity index (χ1) is 9.24. The van der Waals surface area contributed by atoms with Gasteiger partial charge in [-0.25, -0.2) is 4.39 Å². The summed E-state index contributed by atoms with van der Waals surface area (Å²) < 4.78 is 18.7. The standard InChI is InChI=1S/C15H13FN2O/c1-19-15-5-3-2-4-12(15)10-18-13-7-6-11(9-17)14(16)8-13/h2-8,18H,10H2,1H3. The van der Waals surface area contributed by atoms with Crippen molar-refractivity contribution in [2.45, 2.75) is 6.54 Å². The molecule has 2 aromatic carbocycles. The highest BCUT2D eigenvalue weighted by atomic mass is 19.1. The Labute approximate surface area is 111 Å². The van der Waals surface area contributed by atoms with E-state index in [9.17, 15) is 4.39 Å². The van der Waals surface area contributed by atoms with E-state index in [0.29, 0.717) is 12.2 Å². The van der Waals surface area contributed by atoms with Crippen molar-refractivity contribution < 1.29 is 9.13 Å². The highest BCUT2D eigenvalue weighted by Gasteiger charge is 2.04. The van der Waals surface area contributed by atoms with Crippen molar-refractivity contribution in [3.8, 4) is 11.8 Å². The van der Waals surface area contributed by atoms with Gasteiger partial charge in [0.15, 0.2) is 0 Å². The number of nitrogens with zero attached hydrogens (tertiary/aromatic N) is 1. The van der Waals surface area contributed by atoms with E-state index in [0.717, 1.165) is 11.3 Å². The number of anilines is 1. The molecule has 0 radical (unpaired) electrons. The van der Waals surface area contributed by atoms with Gasteiger partial charge in [0.1, 0.15) is 17.6 Å². The number of hydrogen-bond acceptors (Lipinski definition) is 3. The Morgan fingerprint density at radius 2 is 2.05 bits per heavy atom. The monoisotopic (exact) mass is 256 g/mol. The molecule has 96 valence electrons. The van der Waals surface area contributed by atoms with Gasteiger partial charge in [0.05, 0.1) is 12.7 Å². The lowest BCUT2D eigenvalue weighted by molar-refractivity contribution is 0.410. The van der Waals surface area contributed by atoms with Crippen LogP contribution in [0.15, 0.2) is 42.5 Å². The summed E-state index contributed by atoms with van der Waals surface area (Å²) in [6.45, 7) is 0.523. The van der Waals surface area contributed by atoms with Crippen molar-refractivity contribution in [1.82, 2.24) is 0 Å². The third kappa shape index (κ3) is 3.02. The van der Waals surface area contributed by atoms with Crippen LogP contribution in [0.3, 0.4) is 0 Å². The van der Waals surface area contributed by atoms with Gasteiger partial charge in [-0.1, -0.05) is 18.2 Å². The molecule has 0 aliphatic carbocycles. The van der Waals surface area contributed by atoms with Crippen LogP contribution in [0.25, 0.3) is 0 Å². The van der Waals surface area contributed by atoms with E-state index in [1.807, 2.05) is 24.3 Å². The maximum atomic E-state index is 13.4. The molecule has 2 rings (SSSR count). The lowest BCUT2D eigenvalue weighted by atomic mass is 10.1. The van der Waals surface area contributed by atoms with Crippen molar-refractivity contribution in [3.05, 3.63) is 59.4 Å². The minimum Gasteiger partial charge on any atom is -0.496 e. The van der Waals surface area contributed by atoms with Crippen molar-refractivity contribution in [2.75, 3.05) is 12.4 Å². The number of para-hydroxylation sites is 1. The second kappa shape index (κ2) is 5.87. The van der Waals surface area contributed by atoms with E-state index >= 15 is 0 Å². The number of methoxy groups -OCH3 is 1. The number of hydrogen-bond donors (Lipinski definition) is 1. The van der Waals surface area contributed by atoms with Crippen LogP contribution in [0, 0.1) is 17.1 Å². The largest absolute Gasteiger partial charge is 0.496 e. The van der Waals surface area contributed by atoms with Crippen LogP contribution < -0.4 is 10.1 Å². The molecule has 0 spiro atoms. The third-order valence-corrected chi connectivity index (χ3v) is 2.77. The smallest absolute Gasteiger partial charge is 0.143 e. The fourth-order valence-corrected chi connectivity index (χ4v) is 1.76. The molecule has 4 heteroatoms. The van der Waals surface area contributed by atoms with E-state index in [4.69, 9.17) is 10.00 Å². The molecule has 2 aromatic rings. The Morgan fingerprint density at radius 3 is 2.74 bits per heavy atom. The molecule has 0 atom stereocenters. The first-order valence-electron chi connectivity index (χ1n) is 5.80. The first-order valence-corrected chi connectivity index (χ1v) is 5.80. The molecule has 0 amide bonds. The second-order valence-corrected chi connectivity index (χ2v) is 3.97. The molecule has 0 saturated heterocycles. The summed E-state index contributed by atoms with van der Waals surface area (Å²) in [5.41, 5.74) is 1.65. The highest BCUT2D eigenvalue weighted by Crippen LogP contribution is 2.20. The Hall–Kier alpha value is -2.54. The molecule has 0 aromatic heterocycles. The number of nitriles is 1. The van der Waals surface area contributed by atoms with Crippen LogP contribution >= 0.6 is 0 Å². The zero-order chi connectivity index (χ0) is 13.7. The summed E-state index contributed by atoms with van der Waals surface area (Å²) in [4.78, 5) is 0. The summed E-state index contributed by atoms with van der Waals surface area (Å²) in [6, 6.07) is 13.9. The van der Waals surface area contributed by atoms with Crippen LogP contribution in [0.5, 0.6) is 5.75 Å². The van der Waals surface area contributed by atoms with Crippen molar-refractivity contribution in [2.24, 2.45) is 0 Å². The molecule has 0 aliphatic rings. The van der Waals surface area contributed by atoms with Crippen molar-refractivity contribution in [3.63, 3.8) is 0 Å². The first kappa shape index (κ1) is 12.9. The number of benzene rings is 2. The Kier molecular flexibility index (Phi) is 3.99. The van der Waals surface area contributed by atoms with Crippen LogP contribution in [-0.2, 0) is 6.54 Å². The van der Waals surface area contributed by atoms with Gasteiger partial charge in [-0.2, -0.15) is 5.26 Å². The summed E-state index contributed by atoms with van der Waals surface area (Å²) in [5.74, 6) is 0.261. The quantitative estimate of drug-likeness (QED) is 0.912. The maximum absolute atomic E-state index is 13.4. The van der Waals surface area contributed by atoms with Crippen LogP contribution in [0.2, 0.25) is 0 Å². The minimum atomic E-state index is -0.521. The van der Waals surface area contributed by atoms with E-state index in [1.54, 1.807) is 19.2 Å². The van der Waals surface area contributed by atoms with Gasteiger partial charge in [0, 0.05) is 17.8 Å². The van der Waals surface area contributed by atoms with Crippen LogP contribution in [0.4, 0.5) is 10.1 Å². The molecule has 0 saturated carbocycles. The number of halogens is 1. The van der Waals surface area contributed by atoms with E-state index in [1.165, 1.54) is 12.1 Å². The van der Waals surface area contributed by atoms with E-state index in [2.05, 4.69) is 5.32 Å². The lowest BCUT2D eigenvalue weighted by Gasteiger charge is -2.10. The molecular formula is C15H13FN2O. The van der Waals surface area contributed by atoms with Gasteiger partial charge in [-0.15, -0.1) is 0 Å². The summed E-state index contributed by atoms with van der Waals surface area (Å²) in [6.07, 6.45) is 0. The van der Waals surface area contributed by atoms with E-state index in [-0.39, 0.29) is 5.56 Å². The maximum Gasteiger partial charge on any atom is 0.143 e. The van der Waals surface area contributed by atoms with Crippen molar-refractivity contribution >= 4 is 5.69 Å². The fraction of sp³-hybridized carbons (Fsp3) is 0.133. The number of ether oxygens (including phenoxy) is 1. The topological polar surface area (TPSA) is 45.0 Å². The normalized spacial score (nSPS) is 9.74. The van der Waals surface area contributed by atoms with Gasteiger partial charge in [0.2, 0.25) is 0 Å². The van der Waals surface area contributed by atoms with Gasteiger partial charge < -0.3 is 10.1 Å². The highest BCUT2D eigenvalue weighted by molar-refractivity contribution is 5.49. The lowest BCUT2D eigenvalue weighted by Crippen LogP contribution is -2.02. The van der Waals surface area contributed by atoms with Gasteiger partial charge in [-0.05, 0) is 24.3 Å². The molecular weight excluding hydrogens is 243 g/mol. The molecule has 3 nitrogen and oxygen atoms in total. The zero-order valence-electron chi connectivity index (χ0n) is 10.5. The summed E-state index contributed by atoms with van der Waals surface area (Å²) in [7, 11) is 1.61. The Morgan fingerprint density at radius 1 is 1.26 bits per heavy atom. The van der Waals surface area contributed by atoms with E-state index < -0.39 is 5.82 Å². The van der Waals surface area contributed by atoms with Crippen molar-refractivity contribution in [1.29, 1.82) is 5.26 Å². The molecule has 0 heterocycles. The molecule has 0 fully saturated rings. The SMILES string of the molecule is COc1ccccc1CNc1ccc(C#N)c(F)c1. The Bertz CT molecular complexity index is 620.